The number of carbonyl (C=O) groups is 2. The van der Waals surface area contributed by atoms with Crippen LogP contribution in [-0.4, -0.2) is 45.2 Å². The summed E-state index contributed by atoms with van der Waals surface area (Å²) in [7, 11) is 1.71. The highest BCUT2D eigenvalue weighted by Crippen LogP contribution is 2.33. The molecule has 0 aliphatic carbocycles. The quantitative estimate of drug-likeness (QED) is 0.416. The monoisotopic (exact) mass is 495 g/mol. The maximum atomic E-state index is 13.8. The molecule has 3 aromatic rings. The SMILES string of the molecule is Cn1nc2c(C#N)c(C(=O)c3cc(F)ccc3Cl)c(N)cc2c1C=C1CN(C(=O)OC(C)(C)C)C1. The summed E-state index contributed by atoms with van der Waals surface area (Å²) in [5.74, 6) is -1.30. The first-order chi connectivity index (χ1) is 16.4. The van der Waals surface area contributed by atoms with Crippen molar-refractivity contribution in [1.29, 1.82) is 5.26 Å². The maximum Gasteiger partial charge on any atom is 0.410 e. The molecule has 0 radical (unpaired) electrons. The smallest absolute Gasteiger partial charge is 0.410 e. The van der Waals surface area contributed by atoms with Gasteiger partial charge in [0.15, 0.2) is 5.78 Å². The highest BCUT2D eigenvalue weighted by atomic mass is 35.5. The van der Waals surface area contributed by atoms with Crippen LogP contribution in [0.25, 0.3) is 17.0 Å². The number of aryl methyl sites for hydroxylation is 1. The van der Waals surface area contributed by atoms with Crippen molar-refractivity contribution < 1.29 is 18.7 Å². The van der Waals surface area contributed by atoms with E-state index in [2.05, 4.69) is 5.10 Å². The van der Waals surface area contributed by atoms with E-state index < -0.39 is 17.2 Å². The van der Waals surface area contributed by atoms with Crippen molar-refractivity contribution in [2.45, 2.75) is 26.4 Å². The topological polar surface area (TPSA) is 114 Å². The van der Waals surface area contributed by atoms with Gasteiger partial charge in [-0.1, -0.05) is 11.6 Å². The third-order valence-electron chi connectivity index (χ3n) is 5.50. The second-order valence-electron chi connectivity index (χ2n) is 9.32. The number of nitrogens with two attached hydrogens (primary N) is 1. The van der Waals surface area contributed by atoms with E-state index in [9.17, 15) is 19.2 Å². The largest absolute Gasteiger partial charge is 0.444 e. The summed E-state index contributed by atoms with van der Waals surface area (Å²) in [6, 6.07) is 7.02. The van der Waals surface area contributed by atoms with Gasteiger partial charge in [0.1, 0.15) is 23.0 Å². The lowest BCUT2D eigenvalue weighted by Gasteiger charge is -2.35. The van der Waals surface area contributed by atoms with E-state index in [0.717, 1.165) is 17.7 Å². The van der Waals surface area contributed by atoms with Gasteiger partial charge in [-0.3, -0.25) is 9.48 Å². The Hall–Kier alpha value is -3.90. The lowest BCUT2D eigenvalue weighted by molar-refractivity contribution is 0.0216. The molecule has 1 saturated heterocycles. The van der Waals surface area contributed by atoms with Gasteiger partial charge in [-0.15, -0.1) is 0 Å². The minimum Gasteiger partial charge on any atom is -0.444 e. The molecule has 2 N–H and O–H groups in total. The fraction of sp³-hybridized carbons (Fsp3) is 0.280. The Bertz CT molecular complexity index is 1450. The number of halogens is 2. The Balaban J connectivity index is 1.72. The first-order valence-corrected chi connectivity index (χ1v) is 11.1. The fourth-order valence-corrected chi connectivity index (χ4v) is 4.09. The van der Waals surface area contributed by atoms with E-state index in [-0.39, 0.29) is 39.0 Å². The molecule has 0 atom stereocenters. The zero-order valence-electron chi connectivity index (χ0n) is 19.6. The van der Waals surface area contributed by atoms with E-state index in [4.69, 9.17) is 22.1 Å². The van der Waals surface area contributed by atoms with Crippen molar-refractivity contribution in [3.8, 4) is 6.07 Å². The van der Waals surface area contributed by atoms with Gasteiger partial charge in [-0.2, -0.15) is 10.4 Å². The molecular formula is C25H23ClFN5O3. The van der Waals surface area contributed by atoms with Gasteiger partial charge < -0.3 is 15.4 Å². The van der Waals surface area contributed by atoms with Crippen LogP contribution < -0.4 is 5.73 Å². The molecule has 1 aliphatic rings. The minimum atomic E-state index is -0.664. The second kappa shape index (κ2) is 8.71. The van der Waals surface area contributed by atoms with Crippen LogP contribution in [0.3, 0.4) is 0 Å². The second-order valence-corrected chi connectivity index (χ2v) is 9.73. The lowest BCUT2D eigenvalue weighted by atomic mass is 9.94. The first-order valence-electron chi connectivity index (χ1n) is 10.8. The molecule has 1 amide bonds. The number of ether oxygens (including phenoxy) is 1. The van der Waals surface area contributed by atoms with E-state index in [1.807, 2.05) is 32.9 Å². The number of likely N-dealkylation sites (tertiary alicyclic amines) is 1. The van der Waals surface area contributed by atoms with Crippen LogP contribution >= 0.6 is 11.6 Å². The molecule has 35 heavy (non-hydrogen) atoms. The van der Waals surface area contributed by atoms with Crippen LogP contribution in [0.5, 0.6) is 0 Å². The predicted octanol–water partition coefficient (Wildman–Crippen LogP) is 4.68. The average molecular weight is 496 g/mol. The highest BCUT2D eigenvalue weighted by molar-refractivity contribution is 6.35. The number of nitrogen functional groups attached to an aromatic ring is 1. The van der Waals surface area contributed by atoms with Crippen LogP contribution in [0.4, 0.5) is 14.9 Å². The Morgan fingerprint density at radius 2 is 1.97 bits per heavy atom. The molecular weight excluding hydrogens is 473 g/mol. The molecule has 180 valence electrons. The summed E-state index contributed by atoms with van der Waals surface area (Å²) in [4.78, 5) is 27.0. The van der Waals surface area contributed by atoms with Crippen molar-refractivity contribution >= 4 is 46.1 Å². The molecule has 4 rings (SSSR count). The first kappa shape index (κ1) is 24.2. The Kier molecular flexibility index (Phi) is 6.03. The Morgan fingerprint density at radius 1 is 1.29 bits per heavy atom. The molecule has 8 nitrogen and oxygen atoms in total. The van der Waals surface area contributed by atoms with Gasteiger partial charge in [0.25, 0.3) is 0 Å². The van der Waals surface area contributed by atoms with E-state index in [0.29, 0.717) is 24.2 Å². The lowest BCUT2D eigenvalue weighted by Crippen LogP contribution is -2.46. The number of nitrogens with zero attached hydrogens (tertiary/aromatic N) is 4. The van der Waals surface area contributed by atoms with Gasteiger partial charge in [0.05, 0.1) is 21.8 Å². The van der Waals surface area contributed by atoms with Crippen molar-refractivity contribution in [2.75, 3.05) is 18.8 Å². The molecule has 1 aliphatic heterocycles. The summed E-state index contributed by atoms with van der Waals surface area (Å²) in [5, 5.41) is 15.0. The average Bonchev–Trinajstić information content (AvgIpc) is 3.03. The molecule has 0 bridgehead atoms. The van der Waals surface area contributed by atoms with Gasteiger partial charge in [-0.05, 0) is 56.7 Å². The number of nitriles is 1. The van der Waals surface area contributed by atoms with Crippen molar-refractivity contribution in [1.82, 2.24) is 14.7 Å². The van der Waals surface area contributed by atoms with Crippen LogP contribution in [0.2, 0.25) is 5.02 Å². The van der Waals surface area contributed by atoms with Crippen molar-refractivity contribution in [3.05, 3.63) is 63.1 Å². The number of amides is 1. The fourth-order valence-electron chi connectivity index (χ4n) is 3.89. The number of fused-ring (bicyclic) bond motifs is 1. The molecule has 10 heteroatoms. The highest BCUT2D eigenvalue weighted by Gasteiger charge is 2.30. The van der Waals surface area contributed by atoms with Crippen molar-refractivity contribution in [2.24, 2.45) is 7.05 Å². The number of aromatic nitrogens is 2. The molecule has 0 saturated carbocycles. The third-order valence-corrected chi connectivity index (χ3v) is 5.83. The number of rotatable bonds is 3. The number of hydrogen-bond acceptors (Lipinski definition) is 6. The zero-order valence-corrected chi connectivity index (χ0v) is 20.4. The molecule has 2 heterocycles. The van der Waals surface area contributed by atoms with Crippen LogP contribution in [0.15, 0.2) is 29.8 Å². The zero-order chi connectivity index (χ0) is 25.7. The van der Waals surface area contributed by atoms with Gasteiger partial charge >= 0.3 is 6.09 Å². The maximum absolute atomic E-state index is 13.8. The third kappa shape index (κ3) is 4.57. The summed E-state index contributed by atoms with van der Waals surface area (Å²) in [5.41, 5.74) is 7.43. The molecule has 1 aromatic heterocycles. The van der Waals surface area contributed by atoms with E-state index in [1.165, 1.54) is 6.07 Å². The Morgan fingerprint density at radius 3 is 2.60 bits per heavy atom. The molecule has 1 fully saturated rings. The van der Waals surface area contributed by atoms with Crippen LogP contribution in [0, 0.1) is 17.1 Å². The standard InChI is InChI=1S/C25H23ClFN5O3/c1-25(2,3)35-24(34)32-11-13(12-32)7-20-16-9-19(29)21(17(10-28)22(16)30-31(20)4)23(33)15-8-14(27)5-6-18(15)26/h5-9H,11-12,29H2,1-4H3. The Labute approximate surface area is 206 Å². The molecule has 0 spiro atoms. The van der Waals surface area contributed by atoms with Gasteiger partial charge in [0, 0.05) is 36.8 Å². The van der Waals surface area contributed by atoms with E-state index >= 15 is 0 Å². The summed E-state index contributed by atoms with van der Waals surface area (Å²) in [6.45, 7) is 6.22. The van der Waals surface area contributed by atoms with Gasteiger partial charge in [0.2, 0.25) is 0 Å². The predicted molar refractivity (Wildman–Crippen MR) is 130 cm³/mol. The number of carbonyl (C=O) groups excluding carboxylic acids is 2. The number of ketones is 1. The summed E-state index contributed by atoms with van der Waals surface area (Å²) in [6.07, 6.45) is 1.49. The summed E-state index contributed by atoms with van der Waals surface area (Å²) >= 11 is 6.11. The van der Waals surface area contributed by atoms with E-state index in [1.54, 1.807) is 22.7 Å². The number of anilines is 1. The minimum absolute atomic E-state index is 0.0189. The summed E-state index contributed by atoms with van der Waals surface area (Å²) < 4.78 is 20.7. The van der Waals surface area contributed by atoms with Gasteiger partial charge in [-0.25, -0.2) is 9.18 Å². The number of benzene rings is 2. The number of hydrogen-bond donors (Lipinski definition) is 1. The van der Waals surface area contributed by atoms with Crippen LogP contribution in [0.1, 0.15) is 48.0 Å². The van der Waals surface area contributed by atoms with Crippen molar-refractivity contribution in [3.63, 3.8) is 0 Å². The normalized spacial score (nSPS) is 13.4. The molecule has 2 aromatic carbocycles. The van der Waals surface area contributed by atoms with Crippen LogP contribution in [-0.2, 0) is 11.8 Å². The molecule has 0 unspecified atom stereocenters.